The number of rotatable bonds is 9. The molecule has 0 aliphatic carbocycles. The number of benzene rings is 2. The normalized spacial score (nSPS) is 11.1. The third kappa shape index (κ3) is 7.90. The molecular weight excluding hydrogens is 555 g/mol. The quantitative estimate of drug-likeness (QED) is 0.176. The number of carboxylic acids is 1. The van der Waals surface area contributed by atoms with E-state index >= 15 is 0 Å². The van der Waals surface area contributed by atoms with Crippen LogP contribution < -0.4 is 27.0 Å². The molecule has 34 heavy (non-hydrogen) atoms. The second kappa shape index (κ2) is 12.2. The van der Waals surface area contributed by atoms with E-state index in [1.54, 1.807) is 12.1 Å². The van der Waals surface area contributed by atoms with Crippen LogP contribution in [0.1, 0.15) is 20.7 Å². The summed E-state index contributed by atoms with van der Waals surface area (Å²) < 4.78 is 0.532. The molecule has 1 unspecified atom stereocenters. The highest BCUT2D eigenvalue weighted by Crippen LogP contribution is 2.29. The molecule has 3 amide bonds. The largest absolute Gasteiger partial charge is 0.480 e. The number of aliphatic carboxylic acids is 1. The summed E-state index contributed by atoms with van der Waals surface area (Å²) in [6, 6.07) is 7.44. The zero-order valence-corrected chi connectivity index (χ0v) is 20.3. The number of nitrogens with one attached hydrogen (secondary N) is 5. The molecule has 0 fully saturated rings. The number of guanidine groups is 1. The van der Waals surface area contributed by atoms with Crippen LogP contribution >= 0.6 is 39.1 Å². The predicted molar refractivity (Wildman–Crippen MR) is 130 cm³/mol. The summed E-state index contributed by atoms with van der Waals surface area (Å²) in [5, 5.41) is 26.1. The molecule has 0 saturated heterocycles. The summed E-state index contributed by atoms with van der Waals surface area (Å²) in [7, 11) is 0. The summed E-state index contributed by atoms with van der Waals surface area (Å²) in [5.41, 5.74) is 5.75. The zero-order chi connectivity index (χ0) is 25.4. The zero-order valence-electron chi connectivity index (χ0n) is 17.2. The molecule has 11 nitrogen and oxygen atoms in total. The van der Waals surface area contributed by atoms with Gasteiger partial charge in [-0.2, -0.15) is 0 Å². The number of carbonyl (C=O) groups excluding carboxylic acids is 3. The van der Waals surface area contributed by atoms with Crippen molar-refractivity contribution >= 4 is 74.5 Å². The summed E-state index contributed by atoms with van der Waals surface area (Å²) in [6.45, 7) is -0.909. The van der Waals surface area contributed by atoms with Gasteiger partial charge in [-0.15, -0.1) is 0 Å². The molecule has 180 valence electrons. The Hall–Kier alpha value is -3.35. The Morgan fingerprint density at radius 1 is 1.06 bits per heavy atom. The van der Waals surface area contributed by atoms with E-state index in [1.165, 1.54) is 24.3 Å². The average Bonchev–Trinajstić information content (AvgIpc) is 2.73. The SMILES string of the molecule is N=C(N)Nc1cccc(C(=O)NCC(=O)NCC(NC(=O)c2c(Cl)cc(Br)cc2Cl)C(=O)O)c1. The van der Waals surface area contributed by atoms with Crippen LogP contribution in [0.25, 0.3) is 0 Å². The summed E-state index contributed by atoms with van der Waals surface area (Å²) in [6.07, 6.45) is 0. The van der Waals surface area contributed by atoms with Gasteiger partial charge in [0.25, 0.3) is 11.8 Å². The summed E-state index contributed by atoms with van der Waals surface area (Å²) in [5.74, 6) is -3.81. The van der Waals surface area contributed by atoms with Gasteiger partial charge in [-0.05, 0) is 30.3 Å². The topological polar surface area (TPSA) is 186 Å². The van der Waals surface area contributed by atoms with Gasteiger partial charge in [0.05, 0.1) is 22.2 Å². The fourth-order valence-corrected chi connectivity index (χ4v) is 4.00. The standard InChI is InChI=1S/C20H19BrCl2N6O5/c21-10-5-12(22)16(13(23)6-10)18(32)29-14(19(33)34)7-26-15(30)8-27-17(31)9-2-1-3-11(4-9)28-20(24)25/h1-6,14H,7-8H2,(H,26,30)(H,27,31)(H,29,32)(H,33,34)(H4,24,25,28). The van der Waals surface area contributed by atoms with Crippen LogP contribution in [0.5, 0.6) is 0 Å². The number of halogens is 3. The lowest BCUT2D eigenvalue weighted by molar-refractivity contribution is -0.139. The lowest BCUT2D eigenvalue weighted by Gasteiger charge is -2.17. The van der Waals surface area contributed by atoms with Crippen LogP contribution in [0.15, 0.2) is 40.9 Å². The van der Waals surface area contributed by atoms with Crippen molar-refractivity contribution in [3.63, 3.8) is 0 Å². The van der Waals surface area contributed by atoms with Gasteiger partial charge in [-0.25, -0.2) is 4.79 Å². The van der Waals surface area contributed by atoms with E-state index in [4.69, 9.17) is 34.3 Å². The Balaban J connectivity index is 1.92. The van der Waals surface area contributed by atoms with Gasteiger partial charge in [-0.1, -0.05) is 45.2 Å². The maximum Gasteiger partial charge on any atom is 0.328 e. The highest BCUT2D eigenvalue weighted by atomic mass is 79.9. The van der Waals surface area contributed by atoms with Gasteiger partial charge in [-0.3, -0.25) is 19.8 Å². The molecule has 2 rings (SSSR count). The second-order valence-corrected chi connectivity index (χ2v) is 8.45. The first-order valence-corrected chi connectivity index (χ1v) is 11.0. The molecule has 0 spiro atoms. The number of hydrogen-bond acceptors (Lipinski definition) is 5. The number of carboxylic acid groups (broad SMARTS) is 1. The van der Waals surface area contributed by atoms with Crippen LogP contribution in [0.2, 0.25) is 10.0 Å². The number of amides is 3. The van der Waals surface area contributed by atoms with Crippen molar-refractivity contribution in [2.24, 2.45) is 5.73 Å². The van der Waals surface area contributed by atoms with E-state index in [1.807, 2.05) is 0 Å². The van der Waals surface area contributed by atoms with Gasteiger partial charge in [0.2, 0.25) is 5.91 Å². The van der Waals surface area contributed by atoms with Crippen LogP contribution in [0, 0.1) is 5.41 Å². The molecule has 1 atom stereocenters. The molecular formula is C20H19BrCl2N6O5. The van der Waals surface area contributed by atoms with Crippen LogP contribution in [-0.2, 0) is 9.59 Å². The van der Waals surface area contributed by atoms with Crippen molar-refractivity contribution in [2.75, 3.05) is 18.4 Å². The maximum atomic E-state index is 12.5. The maximum absolute atomic E-state index is 12.5. The Bertz CT molecular complexity index is 1120. The van der Waals surface area contributed by atoms with E-state index in [9.17, 15) is 24.3 Å². The lowest BCUT2D eigenvalue weighted by Crippen LogP contribution is -2.50. The molecule has 0 aliphatic heterocycles. The van der Waals surface area contributed by atoms with Gasteiger partial charge >= 0.3 is 5.97 Å². The summed E-state index contributed by atoms with van der Waals surface area (Å²) in [4.78, 5) is 48.3. The fourth-order valence-electron chi connectivity index (χ4n) is 2.62. The van der Waals surface area contributed by atoms with E-state index in [2.05, 4.69) is 37.2 Å². The molecule has 0 radical (unpaired) electrons. The Morgan fingerprint density at radius 3 is 2.29 bits per heavy atom. The van der Waals surface area contributed by atoms with Crippen molar-refractivity contribution in [3.8, 4) is 0 Å². The molecule has 0 aliphatic rings. The number of nitrogens with two attached hydrogens (primary N) is 1. The van der Waals surface area contributed by atoms with Gasteiger partial charge < -0.3 is 32.1 Å². The summed E-state index contributed by atoms with van der Waals surface area (Å²) >= 11 is 15.2. The first-order valence-electron chi connectivity index (χ1n) is 9.42. The van der Waals surface area contributed by atoms with Crippen LogP contribution in [-0.4, -0.2) is 53.9 Å². The Kier molecular flexibility index (Phi) is 9.66. The van der Waals surface area contributed by atoms with Gasteiger partial charge in [0.15, 0.2) is 5.96 Å². The van der Waals surface area contributed by atoms with Crippen molar-refractivity contribution in [1.29, 1.82) is 5.41 Å². The minimum Gasteiger partial charge on any atom is -0.480 e. The highest BCUT2D eigenvalue weighted by Gasteiger charge is 2.24. The smallest absolute Gasteiger partial charge is 0.328 e. The molecule has 0 aromatic heterocycles. The number of anilines is 1. The molecule has 0 bridgehead atoms. The number of carbonyl (C=O) groups is 4. The fraction of sp³-hybridized carbons (Fsp3) is 0.150. The minimum atomic E-state index is -1.49. The predicted octanol–water partition coefficient (Wildman–Crippen LogP) is 1.79. The molecule has 2 aromatic carbocycles. The monoisotopic (exact) mass is 572 g/mol. The van der Waals surface area contributed by atoms with Crippen molar-refractivity contribution < 1.29 is 24.3 Å². The van der Waals surface area contributed by atoms with Crippen molar-refractivity contribution in [1.82, 2.24) is 16.0 Å². The molecule has 0 saturated carbocycles. The third-order valence-corrected chi connectivity index (χ3v) is 5.21. The Labute approximate surface area is 212 Å². The van der Waals surface area contributed by atoms with E-state index in [0.717, 1.165) is 0 Å². The highest BCUT2D eigenvalue weighted by molar-refractivity contribution is 9.10. The van der Waals surface area contributed by atoms with E-state index < -0.39 is 42.8 Å². The Morgan fingerprint density at radius 2 is 1.71 bits per heavy atom. The molecule has 0 heterocycles. The van der Waals surface area contributed by atoms with E-state index in [0.29, 0.717) is 10.2 Å². The van der Waals surface area contributed by atoms with Crippen molar-refractivity contribution in [3.05, 3.63) is 62.0 Å². The number of hydrogen-bond donors (Lipinski definition) is 7. The molecule has 14 heteroatoms. The second-order valence-electron chi connectivity index (χ2n) is 6.71. The minimum absolute atomic E-state index is 0.00957. The van der Waals surface area contributed by atoms with Gasteiger partial charge in [0.1, 0.15) is 6.04 Å². The van der Waals surface area contributed by atoms with E-state index in [-0.39, 0.29) is 27.1 Å². The van der Waals surface area contributed by atoms with Crippen LogP contribution in [0.3, 0.4) is 0 Å². The molecule has 8 N–H and O–H groups in total. The van der Waals surface area contributed by atoms with Crippen LogP contribution in [0.4, 0.5) is 5.69 Å². The first-order chi connectivity index (χ1) is 16.0. The lowest BCUT2D eigenvalue weighted by atomic mass is 10.2. The van der Waals surface area contributed by atoms with Gasteiger partial charge in [0, 0.05) is 22.3 Å². The third-order valence-electron chi connectivity index (χ3n) is 4.15. The average molecular weight is 574 g/mol. The molecule has 2 aromatic rings. The first kappa shape index (κ1) is 26.9. The van der Waals surface area contributed by atoms with Crippen molar-refractivity contribution in [2.45, 2.75) is 6.04 Å².